The molecule has 1 fully saturated rings. The summed E-state index contributed by atoms with van der Waals surface area (Å²) in [7, 11) is 0. The number of benzene rings is 2. The van der Waals surface area contributed by atoms with Crippen LogP contribution in [0.2, 0.25) is 5.02 Å². The van der Waals surface area contributed by atoms with Gasteiger partial charge in [0.25, 0.3) is 5.91 Å². The lowest BCUT2D eigenvalue weighted by molar-refractivity contribution is -0.921. The Morgan fingerprint density at radius 2 is 1.88 bits per heavy atom. The molecule has 0 spiro atoms. The van der Waals surface area contributed by atoms with Crippen LogP contribution in [0.4, 0.5) is 4.39 Å². The molecule has 132 valence electrons. The minimum Gasteiger partial charge on any atom is -0.370 e. The number of amides is 1. The van der Waals surface area contributed by atoms with E-state index in [1.54, 1.807) is 0 Å². The van der Waals surface area contributed by atoms with E-state index in [0.717, 1.165) is 38.4 Å². The number of hydrogen-bond donors (Lipinski definition) is 2. The standard InChI is InChI=1S/C19H20ClFN2O2/c20-16-5-6-18(21)17(11-16)19(24)22-12-14-3-1-2-4-15(14)13-23-7-9-25-10-8-23/h1-6,11H,7-10,12-13H2,(H,22,24)/p+1. The number of quaternary nitrogens is 1. The Morgan fingerprint density at radius 3 is 2.64 bits per heavy atom. The third kappa shape index (κ3) is 4.78. The molecule has 0 bridgehead atoms. The van der Waals surface area contributed by atoms with Gasteiger partial charge in [0, 0.05) is 17.1 Å². The number of carbonyl (C=O) groups is 1. The van der Waals surface area contributed by atoms with Crippen LogP contribution in [0.15, 0.2) is 42.5 Å². The third-order valence-electron chi connectivity index (χ3n) is 4.37. The van der Waals surface area contributed by atoms with E-state index in [2.05, 4.69) is 11.4 Å². The van der Waals surface area contributed by atoms with E-state index in [-0.39, 0.29) is 5.56 Å². The molecule has 6 heteroatoms. The van der Waals surface area contributed by atoms with Crippen LogP contribution in [-0.2, 0) is 17.8 Å². The highest BCUT2D eigenvalue weighted by Gasteiger charge is 2.17. The van der Waals surface area contributed by atoms with Crippen LogP contribution in [0.25, 0.3) is 0 Å². The molecule has 2 N–H and O–H groups in total. The van der Waals surface area contributed by atoms with Gasteiger partial charge in [0.2, 0.25) is 0 Å². The molecule has 2 aromatic rings. The number of halogens is 2. The molecule has 1 aliphatic heterocycles. The second-order valence-electron chi connectivity index (χ2n) is 6.11. The summed E-state index contributed by atoms with van der Waals surface area (Å²) in [5, 5.41) is 3.13. The van der Waals surface area contributed by atoms with Crippen molar-refractivity contribution >= 4 is 17.5 Å². The van der Waals surface area contributed by atoms with Gasteiger partial charge in [-0.3, -0.25) is 4.79 Å². The maximum absolute atomic E-state index is 13.8. The second-order valence-corrected chi connectivity index (χ2v) is 6.55. The highest BCUT2D eigenvalue weighted by Crippen LogP contribution is 2.15. The Kier molecular flexibility index (Phi) is 6.02. The predicted molar refractivity (Wildman–Crippen MR) is 94.2 cm³/mol. The van der Waals surface area contributed by atoms with Crippen molar-refractivity contribution in [3.8, 4) is 0 Å². The Labute approximate surface area is 151 Å². The van der Waals surface area contributed by atoms with Crippen molar-refractivity contribution < 1.29 is 18.8 Å². The SMILES string of the molecule is O=C(NCc1ccccc1C[NH+]1CCOCC1)c1cc(Cl)ccc1F. The Morgan fingerprint density at radius 1 is 1.16 bits per heavy atom. The van der Waals surface area contributed by atoms with E-state index >= 15 is 0 Å². The van der Waals surface area contributed by atoms with Crippen LogP contribution in [0.1, 0.15) is 21.5 Å². The second kappa shape index (κ2) is 8.43. The number of rotatable bonds is 5. The van der Waals surface area contributed by atoms with Gasteiger partial charge in [-0.25, -0.2) is 4.39 Å². The average molecular weight is 364 g/mol. The maximum Gasteiger partial charge on any atom is 0.254 e. The van der Waals surface area contributed by atoms with E-state index in [1.165, 1.54) is 28.7 Å². The molecule has 25 heavy (non-hydrogen) atoms. The topological polar surface area (TPSA) is 42.8 Å². The Bertz CT molecular complexity index is 748. The average Bonchev–Trinajstić information content (AvgIpc) is 2.63. The predicted octanol–water partition coefficient (Wildman–Crippen LogP) is 1.82. The molecule has 0 radical (unpaired) electrons. The maximum atomic E-state index is 13.8. The number of morpholine rings is 1. The van der Waals surface area contributed by atoms with Gasteiger partial charge in [0.1, 0.15) is 25.5 Å². The fourth-order valence-corrected chi connectivity index (χ4v) is 3.12. The van der Waals surface area contributed by atoms with Crippen LogP contribution < -0.4 is 10.2 Å². The molecule has 1 heterocycles. The smallest absolute Gasteiger partial charge is 0.254 e. The summed E-state index contributed by atoms with van der Waals surface area (Å²) in [4.78, 5) is 13.7. The largest absolute Gasteiger partial charge is 0.370 e. The molecule has 0 aliphatic carbocycles. The zero-order valence-electron chi connectivity index (χ0n) is 13.9. The molecule has 0 unspecified atom stereocenters. The van der Waals surface area contributed by atoms with Gasteiger partial charge in [0.05, 0.1) is 18.8 Å². The lowest BCUT2D eigenvalue weighted by Gasteiger charge is -2.24. The molecular weight excluding hydrogens is 343 g/mol. The summed E-state index contributed by atoms with van der Waals surface area (Å²) in [6.45, 7) is 4.76. The molecule has 1 amide bonds. The van der Waals surface area contributed by atoms with Gasteiger partial charge < -0.3 is 15.0 Å². The quantitative estimate of drug-likeness (QED) is 0.851. The number of carbonyl (C=O) groups excluding carboxylic acids is 1. The fourth-order valence-electron chi connectivity index (χ4n) is 2.95. The van der Waals surface area contributed by atoms with Crippen LogP contribution in [0.5, 0.6) is 0 Å². The monoisotopic (exact) mass is 363 g/mol. The first kappa shape index (κ1) is 17.9. The molecule has 0 saturated carbocycles. The van der Waals surface area contributed by atoms with Gasteiger partial charge in [-0.1, -0.05) is 35.9 Å². The van der Waals surface area contributed by atoms with E-state index < -0.39 is 11.7 Å². The van der Waals surface area contributed by atoms with Gasteiger partial charge in [-0.15, -0.1) is 0 Å². The van der Waals surface area contributed by atoms with Crippen molar-refractivity contribution in [2.75, 3.05) is 26.3 Å². The van der Waals surface area contributed by atoms with Crippen molar-refractivity contribution in [3.63, 3.8) is 0 Å². The summed E-state index contributed by atoms with van der Waals surface area (Å²) in [5.41, 5.74) is 2.19. The van der Waals surface area contributed by atoms with Gasteiger partial charge in [0.15, 0.2) is 0 Å². The Hall–Kier alpha value is -1.95. The zero-order valence-corrected chi connectivity index (χ0v) is 14.6. The number of nitrogens with one attached hydrogen (secondary N) is 2. The van der Waals surface area contributed by atoms with Crippen molar-refractivity contribution in [1.29, 1.82) is 0 Å². The first-order valence-electron chi connectivity index (χ1n) is 8.35. The number of hydrogen-bond acceptors (Lipinski definition) is 2. The first-order valence-corrected chi connectivity index (χ1v) is 8.72. The lowest BCUT2D eigenvalue weighted by atomic mass is 10.1. The summed E-state index contributed by atoms with van der Waals surface area (Å²) in [5.74, 6) is -1.04. The van der Waals surface area contributed by atoms with Crippen LogP contribution in [0.3, 0.4) is 0 Å². The third-order valence-corrected chi connectivity index (χ3v) is 4.61. The lowest BCUT2D eigenvalue weighted by Crippen LogP contribution is -3.12. The van der Waals surface area contributed by atoms with E-state index in [1.807, 2.05) is 18.2 Å². The van der Waals surface area contributed by atoms with E-state index in [4.69, 9.17) is 16.3 Å². The highest BCUT2D eigenvalue weighted by molar-refractivity contribution is 6.31. The van der Waals surface area contributed by atoms with Crippen LogP contribution in [0, 0.1) is 5.82 Å². The summed E-state index contributed by atoms with van der Waals surface area (Å²) >= 11 is 5.85. The summed E-state index contributed by atoms with van der Waals surface area (Å²) < 4.78 is 19.2. The summed E-state index contributed by atoms with van der Waals surface area (Å²) in [6.07, 6.45) is 0. The van der Waals surface area contributed by atoms with Crippen molar-refractivity contribution in [2.24, 2.45) is 0 Å². The highest BCUT2D eigenvalue weighted by atomic mass is 35.5. The minimum absolute atomic E-state index is 0.0382. The van der Waals surface area contributed by atoms with E-state index in [9.17, 15) is 9.18 Å². The molecular formula is C19H21ClFN2O2+. The fraction of sp³-hybridized carbons (Fsp3) is 0.316. The molecule has 3 rings (SSSR count). The number of ether oxygens (including phenoxy) is 1. The minimum atomic E-state index is -0.576. The molecule has 1 saturated heterocycles. The summed E-state index contributed by atoms with van der Waals surface area (Å²) in [6, 6.07) is 12.0. The Balaban J connectivity index is 1.66. The molecule has 0 aromatic heterocycles. The molecule has 2 aromatic carbocycles. The van der Waals surface area contributed by atoms with Gasteiger partial charge >= 0.3 is 0 Å². The van der Waals surface area contributed by atoms with Gasteiger partial charge in [-0.05, 0) is 23.8 Å². The zero-order chi connectivity index (χ0) is 17.6. The van der Waals surface area contributed by atoms with Gasteiger partial charge in [-0.2, -0.15) is 0 Å². The van der Waals surface area contributed by atoms with Crippen molar-refractivity contribution in [1.82, 2.24) is 5.32 Å². The van der Waals surface area contributed by atoms with Crippen molar-refractivity contribution in [3.05, 3.63) is 70.0 Å². The van der Waals surface area contributed by atoms with Crippen molar-refractivity contribution in [2.45, 2.75) is 13.1 Å². The molecule has 1 aliphatic rings. The molecule has 0 atom stereocenters. The normalized spacial score (nSPS) is 15.1. The van der Waals surface area contributed by atoms with Crippen LogP contribution >= 0.6 is 11.6 Å². The van der Waals surface area contributed by atoms with Crippen LogP contribution in [-0.4, -0.2) is 32.2 Å². The first-order chi connectivity index (χ1) is 12.1. The van der Waals surface area contributed by atoms with E-state index in [0.29, 0.717) is 11.6 Å². The molecule has 4 nitrogen and oxygen atoms in total.